The maximum absolute atomic E-state index is 11.0. The van der Waals surface area contributed by atoms with Crippen LogP contribution in [0.5, 0.6) is 0 Å². The topological polar surface area (TPSA) is 90.2 Å². The molecule has 0 radical (unpaired) electrons. The zero-order chi connectivity index (χ0) is 15.7. The van der Waals surface area contributed by atoms with Crippen molar-refractivity contribution >= 4 is 5.97 Å². The van der Waals surface area contributed by atoms with Crippen molar-refractivity contribution in [2.45, 2.75) is 56.8 Å². The number of carboxylic acids is 1. The number of aliphatic hydroxyl groups excluding tert-OH is 1. The summed E-state index contributed by atoms with van der Waals surface area (Å²) in [6.07, 6.45) is 1.87. The average Bonchev–Trinajstić information content (AvgIpc) is 2.36. The van der Waals surface area contributed by atoms with E-state index >= 15 is 0 Å². The van der Waals surface area contributed by atoms with E-state index in [1.54, 1.807) is 0 Å². The highest BCUT2D eigenvalue weighted by Gasteiger charge is 2.40. The van der Waals surface area contributed by atoms with E-state index in [1.807, 2.05) is 13.8 Å². The number of hydrogen-bond donors (Lipinski definition) is 3. The zero-order valence-electron chi connectivity index (χ0n) is 12.9. The highest BCUT2D eigenvalue weighted by atomic mass is 16.5. The monoisotopic (exact) mass is 301 g/mol. The second-order valence-corrected chi connectivity index (χ2v) is 7.19. The van der Waals surface area contributed by atoms with Crippen LogP contribution in [0.2, 0.25) is 0 Å². The van der Waals surface area contributed by atoms with Gasteiger partial charge in [-0.2, -0.15) is 0 Å². The summed E-state index contributed by atoms with van der Waals surface area (Å²) >= 11 is 0. The molecule has 0 spiro atoms. The third kappa shape index (κ3) is 4.39. The fraction of sp³-hybridized carbons (Fsp3) is 0.933. The fourth-order valence-corrected chi connectivity index (χ4v) is 3.61. The van der Waals surface area contributed by atoms with E-state index in [4.69, 9.17) is 9.84 Å². The first-order valence-electron chi connectivity index (χ1n) is 7.69. The number of morpholine rings is 1. The molecule has 3 N–H and O–H groups in total. The van der Waals surface area contributed by atoms with Crippen molar-refractivity contribution in [3.05, 3.63) is 0 Å². The number of nitrogens with zero attached hydrogens (tertiary/aromatic N) is 1. The third-order valence-electron chi connectivity index (χ3n) is 4.54. The molecule has 2 fully saturated rings. The van der Waals surface area contributed by atoms with Gasteiger partial charge in [0.05, 0.1) is 29.8 Å². The summed E-state index contributed by atoms with van der Waals surface area (Å²) in [4.78, 5) is 13.1. The molecule has 1 heterocycles. The summed E-state index contributed by atoms with van der Waals surface area (Å²) in [5.41, 5.74) is -1.17. The Labute approximate surface area is 125 Å². The van der Waals surface area contributed by atoms with Gasteiger partial charge in [-0.1, -0.05) is 0 Å². The molecule has 1 aliphatic carbocycles. The van der Waals surface area contributed by atoms with Crippen molar-refractivity contribution in [1.29, 1.82) is 0 Å². The molecule has 21 heavy (non-hydrogen) atoms. The van der Waals surface area contributed by atoms with Crippen LogP contribution in [0.25, 0.3) is 0 Å². The second-order valence-electron chi connectivity index (χ2n) is 7.19. The lowest BCUT2D eigenvalue weighted by Crippen LogP contribution is -2.58. The number of aliphatic carboxylic acids is 1. The fourth-order valence-electron chi connectivity index (χ4n) is 3.61. The molecule has 1 saturated carbocycles. The molecule has 1 unspecified atom stereocenters. The van der Waals surface area contributed by atoms with Gasteiger partial charge in [-0.25, -0.2) is 0 Å². The van der Waals surface area contributed by atoms with Gasteiger partial charge in [0.15, 0.2) is 0 Å². The largest absolute Gasteiger partial charge is 0.481 e. The molecular formula is C15H27NO5. The van der Waals surface area contributed by atoms with Crippen LogP contribution in [0.4, 0.5) is 0 Å². The van der Waals surface area contributed by atoms with Crippen molar-refractivity contribution in [3.63, 3.8) is 0 Å². The first kappa shape index (κ1) is 16.7. The van der Waals surface area contributed by atoms with E-state index in [0.717, 1.165) is 0 Å². The number of carbonyl (C=O) groups is 1. The summed E-state index contributed by atoms with van der Waals surface area (Å²) < 4.78 is 5.77. The predicted molar refractivity (Wildman–Crippen MR) is 77.0 cm³/mol. The Morgan fingerprint density at radius 1 is 1.33 bits per heavy atom. The van der Waals surface area contributed by atoms with Crippen molar-refractivity contribution in [2.24, 2.45) is 5.92 Å². The first-order valence-corrected chi connectivity index (χ1v) is 7.69. The van der Waals surface area contributed by atoms with Crippen molar-refractivity contribution in [3.8, 4) is 0 Å². The van der Waals surface area contributed by atoms with E-state index in [0.29, 0.717) is 45.3 Å². The van der Waals surface area contributed by atoms with Crippen LogP contribution in [-0.4, -0.2) is 69.7 Å². The lowest BCUT2D eigenvalue weighted by Gasteiger charge is -2.46. The normalized spacial score (nSPS) is 37.3. The highest BCUT2D eigenvalue weighted by molar-refractivity contribution is 5.70. The molecule has 0 aromatic heterocycles. The van der Waals surface area contributed by atoms with Crippen molar-refractivity contribution < 1.29 is 24.9 Å². The lowest BCUT2D eigenvalue weighted by molar-refractivity contribution is -0.163. The van der Waals surface area contributed by atoms with E-state index in [9.17, 15) is 15.0 Å². The van der Waals surface area contributed by atoms with Gasteiger partial charge < -0.3 is 20.1 Å². The van der Waals surface area contributed by atoms with E-state index < -0.39 is 11.6 Å². The Morgan fingerprint density at radius 2 is 1.95 bits per heavy atom. The van der Waals surface area contributed by atoms with Gasteiger partial charge >= 0.3 is 5.97 Å². The van der Waals surface area contributed by atoms with Gasteiger partial charge in [-0.3, -0.25) is 9.69 Å². The van der Waals surface area contributed by atoms with Crippen LogP contribution >= 0.6 is 0 Å². The number of aliphatic hydroxyl groups is 2. The standard InChI is InChI=1S/C15H27NO5/c1-14(2)9-16(7-12(8-17)21-14)10-15(20)5-3-11(4-6-15)13(18)19/h11-12,17,20H,3-10H2,1-2H3,(H,18,19). The maximum Gasteiger partial charge on any atom is 0.306 e. The average molecular weight is 301 g/mol. The van der Waals surface area contributed by atoms with Crippen LogP contribution in [0, 0.1) is 5.92 Å². The minimum Gasteiger partial charge on any atom is -0.481 e. The molecule has 0 aromatic rings. The van der Waals surface area contributed by atoms with Crippen molar-refractivity contribution in [1.82, 2.24) is 4.90 Å². The number of carboxylic acid groups (broad SMARTS) is 1. The lowest BCUT2D eigenvalue weighted by atomic mass is 9.78. The molecule has 2 aliphatic rings. The van der Waals surface area contributed by atoms with Crippen LogP contribution in [-0.2, 0) is 9.53 Å². The van der Waals surface area contributed by atoms with Crippen molar-refractivity contribution in [2.75, 3.05) is 26.2 Å². The molecule has 2 rings (SSSR count). The molecule has 1 saturated heterocycles. The summed E-state index contributed by atoms with van der Waals surface area (Å²) in [5, 5.41) is 29.1. The molecule has 1 aliphatic heterocycles. The first-order chi connectivity index (χ1) is 9.73. The zero-order valence-corrected chi connectivity index (χ0v) is 12.9. The van der Waals surface area contributed by atoms with E-state index in [1.165, 1.54) is 0 Å². The summed E-state index contributed by atoms with van der Waals surface area (Å²) in [6, 6.07) is 0. The number of hydrogen-bond acceptors (Lipinski definition) is 5. The number of rotatable bonds is 4. The van der Waals surface area contributed by atoms with Gasteiger partial charge in [0.25, 0.3) is 0 Å². The van der Waals surface area contributed by atoms with Gasteiger partial charge in [-0.05, 0) is 39.5 Å². The van der Waals surface area contributed by atoms with Crippen LogP contribution < -0.4 is 0 Å². The Bertz CT molecular complexity index is 376. The highest BCUT2D eigenvalue weighted by Crippen LogP contribution is 2.34. The molecular weight excluding hydrogens is 274 g/mol. The summed E-state index contributed by atoms with van der Waals surface area (Å²) in [7, 11) is 0. The molecule has 0 amide bonds. The maximum atomic E-state index is 11.0. The summed E-state index contributed by atoms with van der Waals surface area (Å²) in [5.74, 6) is -1.08. The number of ether oxygens (including phenoxy) is 1. The molecule has 0 aromatic carbocycles. The SMILES string of the molecule is CC1(C)CN(CC2(O)CCC(C(=O)O)CC2)CC(CO)O1. The minimum absolute atomic E-state index is 0.0283. The van der Waals surface area contributed by atoms with Gasteiger partial charge in [0.2, 0.25) is 0 Å². The smallest absolute Gasteiger partial charge is 0.306 e. The van der Waals surface area contributed by atoms with Gasteiger partial charge in [0, 0.05) is 19.6 Å². The van der Waals surface area contributed by atoms with Gasteiger partial charge in [0.1, 0.15) is 0 Å². The van der Waals surface area contributed by atoms with E-state index in [2.05, 4.69) is 4.90 Å². The second kappa shape index (κ2) is 6.20. The Hall–Kier alpha value is -0.690. The van der Waals surface area contributed by atoms with Gasteiger partial charge in [-0.15, -0.1) is 0 Å². The summed E-state index contributed by atoms with van der Waals surface area (Å²) in [6.45, 7) is 5.75. The Morgan fingerprint density at radius 3 is 2.48 bits per heavy atom. The number of β-amino-alcohol motifs (C(OH)–C–C–N with tert-alkyl or cyclic N) is 1. The predicted octanol–water partition coefficient (Wildman–Crippen LogP) is 0.464. The van der Waals surface area contributed by atoms with Crippen LogP contribution in [0.3, 0.4) is 0 Å². The Kier molecular flexibility index (Phi) is 4.92. The molecule has 0 bridgehead atoms. The van der Waals surface area contributed by atoms with E-state index in [-0.39, 0.29) is 24.2 Å². The quantitative estimate of drug-likeness (QED) is 0.699. The van der Waals surface area contributed by atoms with Crippen LogP contribution in [0.15, 0.2) is 0 Å². The minimum atomic E-state index is -0.820. The third-order valence-corrected chi connectivity index (χ3v) is 4.54. The molecule has 6 nitrogen and oxygen atoms in total. The van der Waals surface area contributed by atoms with Crippen LogP contribution in [0.1, 0.15) is 39.5 Å². The Balaban J connectivity index is 1.93. The molecule has 1 atom stereocenters. The molecule has 122 valence electrons. The molecule has 6 heteroatoms.